The lowest BCUT2D eigenvalue weighted by Crippen LogP contribution is -2.35. The molecule has 6 nitrogen and oxygen atoms in total. The molecule has 0 aliphatic rings. The topological polar surface area (TPSA) is 84.5 Å². The van der Waals surface area contributed by atoms with Crippen LogP contribution in [-0.2, 0) is 21.3 Å². The molecule has 1 atom stereocenters. The Morgan fingerprint density at radius 2 is 1.88 bits per heavy atom. The van der Waals surface area contributed by atoms with Crippen LogP contribution < -0.4 is 10.0 Å². The number of methoxy groups -OCH3 is 1. The van der Waals surface area contributed by atoms with Crippen molar-refractivity contribution in [2.45, 2.75) is 24.4 Å². The summed E-state index contributed by atoms with van der Waals surface area (Å²) < 4.78 is 32.6. The zero-order chi connectivity index (χ0) is 19.2. The van der Waals surface area contributed by atoms with Crippen LogP contribution in [0.3, 0.4) is 0 Å². The molecule has 0 aliphatic heterocycles. The van der Waals surface area contributed by atoms with Gasteiger partial charge < -0.3 is 10.1 Å². The first-order valence-corrected chi connectivity index (χ1v) is 9.82. The van der Waals surface area contributed by atoms with E-state index in [0.29, 0.717) is 6.61 Å². The van der Waals surface area contributed by atoms with Gasteiger partial charge in [-0.15, -0.1) is 0 Å². The maximum absolute atomic E-state index is 12.6. The Morgan fingerprint density at radius 1 is 1.19 bits per heavy atom. The van der Waals surface area contributed by atoms with E-state index in [2.05, 4.69) is 10.0 Å². The number of ether oxygens (including phenoxy) is 1. The highest BCUT2D eigenvalue weighted by Gasteiger charge is 2.20. The monoisotopic (exact) mass is 396 g/mol. The summed E-state index contributed by atoms with van der Waals surface area (Å²) in [6.45, 7) is 2.26. The molecule has 1 amide bonds. The Labute approximate surface area is 158 Å². The first-order chi connectivity index (χ1) is 12.3. The van der Waals surface area contributed by atoms with Crippen molar-refractivity contribution in [1.82, 2.24) is 10.0 Å². The molecule has 2 aromatic rings. The molecule has 2 N–H and O–H groups in total. The minimum absolute atomic E-state index is 0.0482. The van der Waals surface area contributed by atoms with Crippen molar-refractivity contribution in [2.24, 2.45) is 0 Å². The lowest BCUT2D eigenvalue weighted by molar-refractivity contribution is 0.0905. The van der Waals surface area contributed by atoms with Crippen molar-refractivity contribution in [3.63, 3.8) is 0 Å². The predicted molar refractivity (Wildman–Crippen MR) is 101 cm³/mol. The lowest BCUT2D eigenvalue weighted by Gasteiger charge is -2.14. The van der Waals surface area contributed by atoms with Crippen LogP contribution in [0.5, 0.6) is 0 Å². The normalized spacial score (nSPS) is 12.6. The second kappa shape index (κ2) is 9.14. The van der Waals surface area contributed by atoms with Crippen LogP contribution in [0.25, 0.3) is 0 Å². The van der Waals surface area contributed by atoms with E-state index in [1.807, 2.05) is 30.3 Å². The summed E-state index contributed by atoms with van der Waals surface area (Å²) >= 11 is 6.05. The van der Waals surface area contributed by atoms with Gasteiger partial charge in [-0.05, 0) is 30.7 Å². The number of sulfonamides is 1. The van der Waals surface area contributed by atoms with Crippen LogP contribution in [0.1, 0.15) is 22.8 Å². The van der Waals surface area contributed by atoms with Crippen molar-refractivity contribution in [3.8, 4) is 0 Å². The van der Waals surface area contributed by atoms with Gasteiger partial charge in [-0.2, -0.15) is 0 Å². The minimum Gasteiger partial charge on any atom is -0.383 e. The zero-order valence-electron chi connectivity index (χ0n) is 14.5. The fourth-order valence-electron chi connectivity index (χ4n) is 2.30. The molecule has 0 bridgehead atoms. The van der Waals surface area contributed by atoms with Crippen LogP contribution >= 0.6 is 11.6 Å². The standard InChI is InChI=1S/C18H21ClN2O4S/c1-13(12-25-2)21-18(22)15-8-9-16(19)17(10-15)26(23,24)20-11-14-6-4-3-5-7-14/h3-10,13,20H,11-12H2,1-2H3,(H,21,22). The Morgan fingerprint density at radius 3 is 2.54 bits per heavy atom. The molecule has 0 heterocycles. The smallest absolute Gasteiger partial charge is 0.251 e. The molecule has 8 heteroatoms. The van der Waals surface area contributed by atoms with Gasteiger partial charge in [0, 0.05) is 25.3 Å². The molecular formula is C18H21ClN2O4S. The highest BCUT2D eigenvalue weighted by Crippen LogP contribution is 2.23. The summed E-state index contributed by atoms with van der Waals surface area (Å²) in [6, 6.07) is 13.1. The van der Waals surface area contributed by atoms with E-state index < -0.39 is 15.9 Å². The average molecular weight is 397 g/mol. The summed E-state index contributed by atoms with van der Waals surface area (Å²) in [5.41, 5.74) is 1.02. The molecule has 2 aromatic carbocycles. The van der Waals surface area contributed by atoms with E-state index in [-0.39, 0.29) is 28.1 Å². The maximum atomic E-state index is 12.6. The van der Waals surface area contributed by atoms with E-state index in [9.17, 15) is 13.2 Å². The summed E-state index contributed by atoms with van der Waals surface area (Å²) in [6.07, 6.45) is 0. The largest absolute Gasteiger partial charge is 0.383 e. The van der Waals surface area contributed by atoms with E-state index >= 15 is 0 Å². The number of carbonyl (C=O) groups is 1. The molecular weight excluding hydrogens is 376 g/mol. The average Bonchev–Trinajstić information content (AvgIpc) is 2.61. The summed E-state index contributed by atoms with van der Waals surface area (Å²) in [5, 5.41) is 2.78. The van der Waals surface area contributed by atoms with Gasteiger partial charge in [0.25, 0.3) is 5.91 Å². The first-order valence-electron chi connectivity index (χ1n) is 7.96. The minimum atomic E-state index is -3.87. The van der Waals surface area contributed by atoms with Crippen LogP contribution in [0.15, 0.2) is 53.4 Å². The van der Waals surface area contributed by atoms with E-state index in [1.54, 1.807) is 6.92 Å². The fourth-order valence-corrected chi connectivity index (χ4v) is 3.84. The third kappa shape index (κ3) is 5.54. The quantitative estimate of drug-likeness (QED) is 0.718. The first kappa shape index (κ1) is 20.4. The van der Waals surface area contributed by atoms with Crippen LogP contribution in [0.4, 0.5) is 0 Å². The van der Waals surface area contributed by atoms with Gasteiger partial charge in [0.15, 0.2) is 0 Å². The third-order valence-corrected chi connectivity index (χ3v) is 5.47. The van der Waals surface area contributed by atoms with Gasteiger partial charge in [-0.3, -0.25) is 4.79 Å². The second-order valence-corrected chi connectivity index (χ2v) is 7.93. The number of amides is 1. The number of halogens is 1. The Bertz CT molecular complexity index is 857. The van der Waals surface area contributed by atoms with Crippen LogP contribution in [0.2, 0.25) is 5.02 Å². The molecule has 0 saturated heterocycles. The number of rotatable bonds is 8. The summed E-state index contributed by atoms with van der Waals surface area (Å²) in [5.74, 6) is -0.397. The van der Waals surface area contributed by atoms with Crippen molar-refractivity contribution >= 4 is 27.5 Å². The maximum Gasteiger partial charge on any atom is 0.251 e. The highest BCUT2D eigenvalue weighted by atomic mass is 35.5. The van der Waals surface area contributed by atoms with Crippen LogP contribution in [-0.4, -0.2) is 34.1 Å². The van der Waals surface area contributed by atoms with Crippen molar-refractivity contribution < 1.29 is 17.9 Å². The predicted octanol–water partition coefficient (Wildman–Crippen LogP) is 2.58. The van der Waals surface area contributed by atoms with Crippen molar-refractivity contribution in [3.05, 3.63) is 64.7 Å². The summed E-state index contributed by atoms with van der Waals surface area (Å²) in [7, 11) is -2.33. The molecule has 1 unspecified atom stereocenters. The fraction of sp³-hybridized carbons (Fsp3) is 0.278. The Hall–Kier alpha value is -1.93. The molecule has 0 aliphatic carbocycles. The van der Waals surface area contributed by atoms with Crippen LogP contribution in [0, 0.1) is 0 Å². The van der Waals surface area contributed by atoms with Gasteiger partial charge in [-0.25, -0.2) is 13.1 Å². The number of hydrogen-bond acceptors (Lipinski definition) is 4. The Kier molecular flexibility index (Phi) is 7.16. The van der Waals surface area contributed by atoms with Gasteiger partial charge in [0.2, 0.25) is 10.0 Å². The van der Waals surface area contributed by atoms with Crippen molar-refractivity contribution in [2.75, 3.05) is 13.7 Å². The molecule has 2 rings (SSSR count). The van der Waals surface area contributed by atoms with E-state index in [1.165, 1.54) is 25.3 Å². The molecule has 0 aromatic heterocycles. The summed E-state index contributed by atoms with van der Waals surface area (Å²) in [4.78, 5) is 12.1. The van der Waals surface area contributed by atoms with E-state index in [4.69, 9.17) is 16.3 Å². The Balaban J connectivity index is 2.18. The number of carbonyl (C=O) groups excluding carboxylic acids is 1. The molecule has 0 radical (unpaired) electrons. The van der Waals surface area contributed by atoms with Gasteiger partial charge in [0.05, 0.1) is 11.6 Å². The number of hydrogen-bond donors (Lipinski definition) is 2. The molecule has 0 saturated carbocycles. The number of benzene rings is 2. The number of nitrogens with one attached hydrogen (secondary N) is 2. The molecule has 140 valence electrons. The van der Waals surface area contributed by atoms with Crippen molar-refractivity contribution in [1.29, 1.82) is 0 Å². The van der Waals surface area contributed by atoms with E-state index in [0.717, 1.165) is 5.56 Å². The zero-order valence-corrected chi connectivity index (χ0v) is 16.1. The highest BCUT2D eigenvalue weighted by molar-refractivity contribution is 7.89. The SMILES string of the molecule is COCC(C)NC(=O)c1ccc(Cl)c(S(=O)(=O)NCc2ccccc2)c1. The molecule has 26 heavy (non-hydrogen) atoms. The molecule has 0 spiro atoms. The van der Waals surface area contributed by atoms with Gasteiger partial charge >= 0.3 is 0 Å². The third-order valence-electron chi connectivity index (χ3n) is 3.59. The van der Waals surface area contributed by atoms with Gasteiger partial charge in [0.1, 0.15) is 4.90 Å². The molecule has 0 fully saturated rings. The second-order valence-electron chi connectivity index (χ2n) is 5.79. The van der Waals surface area contributed by atoms with Gasteiger partial charge in [-0.1, -0.05) is 41.9 Å². The lowest BCUT2D eigenvalue weighted by atomic mass is 10.2.